The van der Waals surface area contributed by atoms with Crippen molar-refractivity contribution in [3.05, 3.63) is 0 Å². The van der Waals surface area contributed by atoms with Gasteiger partial charge in [0, 0.05) is 5.75 Å². The minimum absolute atomic E-state index is 0.129. The van der Waals surface area contributed by atoms with Crippen LogP contribution >= 0.6 is 12.6 Å². The largest absolute Gasteiger partial charge is 0.480 e. The maximum Gasteiger partial charge on any atom is 0.326 e. The monoisotopic (exact) mass is 419 g/mol. The van der Waals surface area contributed by atoms with E-state index in [1.165, 1.54) is 0 Å². The van der Waals surface area contributed by atoms with Gasteiger partial charge < -0.3 is 32.5 Å². The standard InChI is InChI=1S/C17H33N5O5S/c1-3-10(2)14(22-15(24)11(19)9-28)16(25)20-8-13(23)21-12(17(26)27)6-4-5-7-18/h10-12,14,28H,3-9,18-19H2,1-2H3,(H,20,25)(H,21,23)(H,22,24)(H,26,27). The number of aliphatic carboxylic acids is 1. The van der Waals surface area contributed by atoms with Gasteiger partial charge in [-0.25, -0.2) is 4.79 Å². The van der Waals surface area contributed by atoms with Crippen molar-refractivity contribution in [3.8, 4) is 0 Å². The van der Waals surface area contributed by atoms with Gasteiger partial charge in [0.2, 0.25) is 17.7 Å². The van der Waals surface area contributed by atoms with Crippen LogP contribution in [0.25, 0.3) is 0 Å². The van der Waals surface area contributed by atoms with Crippen molar-refractivity contribution in [2.75, 3.05) is 18.8 Å². The Hall–Kier alpha value is -1.85. The van der Waals surface area contributed by atoms with Crippen molar-refractivity contribution in [1.82, 2.24) is 16.0 Å². The van der Waals surface area contributed by atoms with E-state index in [-0.39, 0.29) is 18.1 Å². The van der Waals surface area contributed by atoms with Crippen molar-refractivity contribution >= 4 is 36.3 Å². The first-order chi connectivity index (χ1) is 13.2. The number of carboxylic acids is 1. The van der Waals surface area contributed by atoms with E-state index in [9.17, 15) is 19.2 Å². The number of nitrogens with two attached hydrogens (primary N) is 2. The number of carbonyl (C=O) groups excluding carboxylic acids is 3. The van der Waals surface area contributed by atoms with Crippen molar-refractivity contribution in [3.63, 3.8) is 0 Å². The van der Waals surface area contributed by atoms with Crippen LogP contribution in [0.5, 0.6) is 0 Å². The van der Waals surface area contributed by atoms with Gasteiger partial charge in [-0.05, 0) is 31.7 Å². The minimum Gasteiger partial charge on any atom is -0.480 e. The summed E-state index contributed by atoms with van der Waals surface area (Å²) in [6.07, 6.45) is 2.08. The van der Waals surface area contributed by atoms with Gasteiger partial charge in [-0.2, -0.15) is 12.6 Å². The number of hydrogen-bond donors (Lipinski definition) is 7. The van der Waals surface area contributed by atoms with Crippen LogP contribution in [0.4, 0.5) is 0 Å². The van der Waals surface area contributed by atoms with Gasteiger partial charge in [0.1, 0.15) is 12.1 Å². The van der Waals surface area contributed by atoms with E-state index in [1.807, 2.05) is 6.92 Å². The average molecular weight is 420 g/mol. The highest BCUT2D eigenvalue weighted by Crippen LogP contribution is 2.08. The second-order valence-electron chi connectivity index (χ2n) is 6.62. The number of carboxylic acid groups (broad SMARTS) is 1. The van der Waals surface area contributed by atoms with Crippen LogP contribution in [-0.2, 0) is 19.2 Å². The number of carbonyl (C=O) groups is 4. The van der Waals surface area contributed by atoms with E-state index >= 15 is 0 Å². The number of hydrogen-bond acceptors (Lipinski definition) is 7. The molecule has 4 atom stereocenters. The Morgan fingerprint density at radius 2 is 1.75 bits per heavy atom. The summed E-state index contributed by atoms with van der Waals surface area (Å²) < 4.78 is 0. The fourth-order valence-electron chi connectivity index (χ4n) is 2.32. The zero-order valence-electron chi connectivity index (χ0n) is 16.4. The van der Waals surface area contributed by atoms with Crippen molar-refractivity contribution in [2.45, 2.75) is 57.7 Å². The molecule has 0 aromatic rings. The first kappa shape index (κ1) is 26.1. The van der Waals surface area contributed by atoms with Crippen LogP contribution in [0.1, 0.15) is 39.5 Å². The predicted molar refractivity (Wildman–Crippen MR) is 109 cm³/mol. The number of thiol groups is 1. The number of unbranched alkanes of at least 4 members (excludes halogenated alkanes) is 1. The summed E-state index contributed by atoms with van der Waals surface area (Å²) in [6, 6.07) is -2.76. The molecule has 0 bridgehead atoms. The number of nitrogens with one attached hydrogen (secondary N) is 3. The number of amides is 3. The topological polar surface area (TPSA) is 177 Å². The van der Waals surface area contributed by atoms with Crippen LogP contribution in [0.2, 0.25) is 0 Å². The third-order valence-electron chi connectivity index (χ3n) is 4.33. The van der Waals surface area contributed by atoms with Gasteiger partial charge in [0.15, 0.2) is 0 Å². The molecule has 10 nitrogen and oxygen atoms in total. The molecule has 0 heterocycles. The van der Waals surface area contributed by atoms with E-state index in [4.69, 9.17) is 16.6 Å². The van der Waals surface area contributed by atoms with Crippen LogP contribution in [0.3, 0.4) is 0 Å². The molecular formula is C17H33N5O5S. The van der Waals surface area contributed by atoms with E-state index in [2.05, 4.69) is 28.6 Å². The van der Waals surface area contributed by atoms with Gasteiger partial charge in [0.05, 0.1) is 12.6 Å². The highest BCUT2D eigenvalue weighted by molar-refractivity contribution is 7.80. The zero-order valence-corrected chi connectivity index (χ0v) is 17.3. The second-order valence-corrected chi connectivity index (χ2v) is 6.99. The van der Waals surface area contributed by atoms with Crippen LogP contribution < -0.4 is 27.4 Å². The molecule has 0 saturated heterocycles. The second kappa shape index (κ2) is 14.2. The Kier molecular flexibility index (Phi) is 13.3. The van der Waals surface area contributed by atoms with Gasteiger partial charge in [-0.1, -0.05) is 20.3 Å². The first-order valence-corrected chi connectivity index (χ1v) is 9.97. The summed E-state index contributed by atoms with van der Waals surface area (Å²) in [6.45, 7) is 3.69. The lowest BCUT2D eigenvalue weighted by Crippen LogP contribution is -2.56. The number of rotatable bonds is 14. The van der Waals surface area contributed by atoms with Crippen LogP contribution in [0, 0.1) is 5.92 Å². The van der Waals surface area contributed by atoms with E-state index < -0.39 is 48.4 Å². The molecule has 0 aliphatic carbocycles. The SMILES string of the molecule is CCC(C)C(NC(=O)C(N)CS)C(=O)NCC(=O)NC(CCCCN)C(=O)O. The Morgan fingerprint density at radius 3 is 2.25 bits per heavy atom. The summed E-state index contributed by atoms with van der Waals surface area (Å²) in [5, 5.41) is 16.5. The van der Waals surface area contributed by atoms with Crippen molar-refractivity contribution in [2.24, 2.45) is 17.4 Å². The maximum atomic E-state index is 12.4. The Labute approximate surface area is 171 Å². The molecule has 4 unspecified atom stereocenters. The summed E-state index contributed by atoms with van der Waals surface area (Å²) >= 11 is 3.96. The molecule has 11 heteroatoms. The van der Waals surface area contributed by atoms with Crippen molar-refractivity contribution in [1.29, 1.82) is 0 Å². The molecule has 0 rings (SSSR count). The summed E-state index contributed by atoms with van der Waals surface area (Å²) in [5.74, 6) is -2.90. The lowest BCUT2D eigenvalue weighted by molar-refractivity contribution is -0.142. The Morgan fingerprint density at radius 1 is 1.11 bits per heavy atom. The molecule has 28 heavy (non-hydrogen) atoms. The van der Waals surface area contributed by atoms with Gasteiger partial charge in [0.25, 0.3) is 0 Å². The fourth-order valence-corrected chi connectivity index (χ4v) is 2.48. The van der Waals surface area contributed by atoms with Gasteiger partial charge in [-0.15, -0.1) is 0 Å². The van der Waals surface area contributed by atoms with Crippen LogP contribution in [-0.4, -0.2) is 65.8 Å². The molecule has 8 N–H and O–H groups in total. The predicted octanol–water partition coefficient (Wildman–Crippen LogP) is -1.41. The molecule has 162 valence electrons. The molecule has 0 radical (unpaired) electrons. The van der Waals surface area contributed by atoms with E-state index in [0.717, 1.165) is 0 Å². The smallest absolute Gasteiger partial charge is 0.326 e. The molecule has 0 aromatic carbocycles. The van der Waals surface area contributed by atoms with Gasteiger partial charge >= 0.3 is 5.97 Å². The molecular weight excluding hydrogens is 386 g/mol. The van der Waals surface area contributed by atoms with E-state index in [0.29, 0.717) is 25.8 Å². The molecule has 0 aliphatic heterocycles. The minimum atomic E-state index is -1.15. The quantitative estimate of drug-likeness (QED) is 0.134. The fraction of sp³-hybridized carbons (Fsp3) is 0.765. The van der Waals surface area contributed by atoms with Gasteiger partial charge in [-0.3, -0.25) is 14.4 Å². The molecule has 3 amide bonds. The maximum absolute atomic E-state index is 12.4. The molecule has 0 fully saturated rings. The molecule has 0 aliphatic rings. The van der Waals surface area contributed by atoms with Crippen molar-refractivity contribution < 1.29 is 24.3 Å². The first-order valence-electron chi connectivity index (χ1n) is 9.34. The zero-order chi connectivity index (χ0) is 21.7. The summed E-state index contributed by atoms with van der Waals surface area (Å²) in [5.41, 5.74) is 11.0. The average Bonchev–Trinajstić information content (AvgIpc) is 2.67. The molecule has 0 saturated carbocycles. The molecule has 0 spiro atoms. The van der Waals surface area contributed by atoms with E-state index in [1.54, 1.807) is 6.92 Å². The molecule has 0 aromatic heterocycles. The third-order valence-corrected chi connectivity index (χ3v) is 4.72. The van der Waals surface area contributed by atoms with Crippen LogP contribution in [0.15, 0.2) is 0 Å². The third kappa shape index (κ3) is 9.90. The Balaban J connectivity index is 4.74. The summed E-state index contributed by atoms with van der Waals surface area (Å²) in [4.78, 5) is 47.6. The Bertz CT molecular complexity index is 534. The summed E-state index contributed by atoms with van der Waals surface area (Å²) in [7, 11) is 0. The highest BCUT2D eigenvalue weighted by Gasteiger charge is 2.28. The lowest BCUT2D eigenvalue weighted by atomic mass is 9.98. The highest BCUT2D eigenvalue weighted by atomic mass is 32.1. The normalized spacial score (nSPS) is 15.0. The lowest BCUT2D eigenvalue weighted by Gasteiger charge is -2.24.